The van der Waals surface area contributed by atoms with Crippen molar-refractivity contribution in [2.24, 2.45) is 34.5 Å². The lowest BCUT2D eigenvalue weighted by Crippen LogP contribution is -2.62. The van der Waals surface area contributed by atoms with Crippen LogP contribution in [0.2, 0.25) is 0 Å². The number of rotatable bonds is 11. The maximum Gasteiger partial charge on any atom is 0.306 e. The van der Waals surface area contributed by atoms with Crippen molar-refractivity contribution in [3.8, 4) is 5.75 Å². The van der Waals surface area contributed by atoms with Crippen molar-refractivity contribution in [2.45, 2.75) is 121 Å². The van der Waals surface area contributed by atoms with E-state index in [1.807, 2.05) is 19.1 Å². The molecule has 286 valence electrons. The summed E-state index contributed by atoms with van der Waals surface area (Å²) in [6, 6.07) is 8.63. The number of ketones is 2. The molecule has 6 rings (SSSR count). The minimum atomic E-state index is -1.72. The van der Waals surface area contributed by atoms with Gasteiger partial charge in [0.05, 0.1) is 19.6 Å². The number of methoxy groups -OCH3 is 1. The average molecular weight is 721 g/mol. The number of benzene rings is 1. The number of amides is 1. The van der Waals surface area contributed by atoms with Gasteiger partial charge in [-0.2, -0.15) is 0 Å². The molecule has 5 aliphatic rings. The van der Waals surface area contributed by atoms with E-state index in [1.165, 1.54) is 5.56 Å². The van der Waals surface area contributed by atoms with Gasteiger partial charge in [-0.1, -0.05) is 38.5 Å². The first-order chi connectivity index (χ1) is 24.6. The summed E-state index contributed by atoms with van der Waals surface area (Å²) >= 11 is 0. The highest BCUT2D eigenvalue weighted by Gasteiger charge is 2.68. The summed E-state index contributed by atoms with van der Waals surface area (Å²) in [7, 11) is 3.81. The molecule has 1 saturated heterocycles. The third-order valence-electron chi connectivity index (χ3n) is 14.9. The number of hydrogen-bond donors (Lipinski definition) is 3. The third kappa shape index (κ3) is 6.66. The Morgan fingerprint density at radius 2 is 1.75 bits per heavy atom. The van der Waals surface area contributed by atoms with Gasteiger partial charge < -0.3 is 29.9 Å². The zero-order valence-electron chi connectivity index (χ0n) is 32.0. The van der Waals surface area contributed by atoms with Gasteiger partial charge in [0.15, 0.2) is 12.4 Å². The maximum absolute atomic E-state index is 13.7. The molecule has 1 aromatic carbocycles. The van der Waals surface area contributed by atoms with Crippen LogP contribution in [0.5, 0.6) is 5.75 Å². The minimum Gasteiger partial charge on any atom is -0.497 e. The molecule has 0 unspecified atom stereocenters. The lowest BCUT2D eigenvalue weighted by atomic mass is 9.45. The zero-order chi connectivity index (χ0) is 37.6. The summed E-state index contributed by atoms with van der Waals surface area (Å²) in [6.07, 6.45) is 6.56. The standard InChI is InChI=1S/C42H60N2O8/c1-26-24-44(5)27(2)22-41(26,28-7-10-31(51-6)11-8-28)19-20-43-36(48)13-14-37(49)52-25-35(47)42(50)18-16-33-32-12-9-29-21-30(45)15-17-39(29,3)38(32)34(46)23-40(33,42)4/h7-8,10-11,21,26-27,32-34,38,46,50H,9,12-20,22-25H2,1-6H3,(H,43,48)/t26-,27+,32+,33-,34+,38+,39+,40+,41+,42-/m1/s1. The number of fused-ring (bicyclic) bond motifs is 5. The number of piperidine rings is 1. The summed E-state index contributed by atoms with van der Waals surface area (Å²) in [5.74, 6) is 0.00885. The highest BCUT2D eigenvalue weighted by molar-refractivity contribution is 5.92. The Morgan fingerprint density at radius 3 is 2.46 bits per heavy atom. The Kier molecular flexibility index (Phi) is 10.9. The van der Waals surface area contributed by atoms with Crippen LogP contribution in [0.25, 0.3) is 0 Å². The molecule has 1 aliphatic heterocycles. The maximum atomic E-state index is 13.7. The van der Waals surface area contributed by atoms with Crippen LogP contribution in [0.4, 0.5) is 0 Å². The largest absolute Gasteiger partial charge is 0.497 e. The molecular weight excluding hydrogens is 660 g/mol. The molecule has 1 amide bonds. The normalized spacial score (nSPS) is 38.7. The molecular formula is C42H60N2O8. The molecule has 0 aromatic heterocycles. The Hall–Kier alpha value is -3.08. The molecule has 3 saturated carbocycles. The van der Waals surface area contributed by atoms with E-state index in [0.717, 1.165) is 50.0 Å². The van der Waals surface area contributed by atoms with E-state index < -0.39 is 35.5 Å². The fraction of sp³-hybridized carbons (Fsp3) is 0.714. The Labute approximate surface area is 309 Å². The molecule has 4 aliphatic carbocycles. The van der Waals surface area contributed by atoms with Crippen LogP contribution in [0.1, 0.15) is 104 Å². The van der Waals surface area contributed by atoms with Crippen molar-refractivity contribution >= 4 is 23.4 Å². The van der Waals surface area contributed by atoms with Crippen molar-refractivity contribution in [1.29, 1.82) is 0 Å². The summed E-state index contributed by atoms with van der Waals surface area (Å²) in [4.78, 5) is 53.9. The van der Waals surface area contributed by atoms with Crippen molar-refractivity contribution < 1.29 is 38.9 Å². The predicted molar refractivity (Wildman–Crippen MR) is 196 cm³/mol. The van der Waals surface area contributed by atoms with Crippen LogP contribution in [0, 0.1) is 34.5 Å². The molecule has 4 fully saturated rings. The highest BCUT2D eigenvalue weighted by atomic mass is 16.5. The van der Waals surface area contributed by atoms with Gasteiger partial charge in [-0.3, -0.25) is 19.2 Å². The second-order valence-electron chi connectivity index (χ2n) is 17.4. The first-order valence-electron chi connectivity index (χ1n) is 19.5. The van der Waals surface area contributed by atoms with Gasteiger partial charge in [0, 0.05) is 42.8 Å². The number of Topliss-reactive ketones (excluding diaryl/α,β-unsaturated/α-hetero) is 1. The molecule has 0 bridgehead atoms. The van der Waals surface area contributed by atoms with Gasteiger partial charge in [0.2, 0.25) is 11.7 Å². The number of carbonyl (C=O) groups is 4. The molecule has 10 atom stereocenters. The summed E-state index contributed by atoms with van der Waals surface area (Å²) in [5.41, 5.74) is -0.588. The second-order valence-corrected chi connectivity index (χ2v) is 17.4. The van der Waals surface area contributed by atoms with Crippen LogP contribution in [-0.2, 0) is 29.3 Å². The smallest absolute Gasteiger partial charge is 0.306 e. The number of allylic oxidation sites excluding steroid dienone is 1. The van der Waals surface area contributed by atoms with E-state index in [0.29, 0.717) is 31.3 Å². The number of nitrogens with zero attached hydrogens (tertiary/aromatic N) is 1. The molecule has 52 heavy (non-hydrogen) atoms. The second kappa shape index (κ2) is 14.6. The first kappa shape index (κ1) is 38.6. The molecule has 0 radical (unpaired) electrons. The molecule has 1 aromatic rings. The van der Waals surface area contributed by atoms with Crippen molar-refractivity contribution in [3.05, 3.63) is 41.5 Å². The monoisotopic (exact) mass is 720 g/mol. The van der Waals surface area contributed by atoms with Crippen molar-refractivity contribution in [2.75, 3.05) is 33.9 Å². The van der Waals surface area contributed by atoms with E-state index in [1.54, 1.807) is 13.2 Å². The first-order valence-corrected chi connectivity index (χ1v) is 19.5. The zero-order valence-corrected chi connectivity index (χ0v) is 32.0. The van der Waals surface area contributed by atoms with E-state index in [4.69, 9.17) is 9.47 Å². The Balaban J connectivity index is 1.01. The topological polar surface area (TPSA) is 142 Å². The molecule has 10 heteroatoms. The summed E-state index contributed by atoms with van der Waals surface area (Å²) < 4.78 is 10.8. The van der Waals surface area contributed by atoms with Crippen LogP contribution < -0.4 is 10.1 Å². The number of ether oxygens (including phenoxy) is 2. The molecule has 0 spiro atoms. The lowest BCUT2D eigenvalue weighted by Gasteiger charge is -2.60. The number of likely N-dealkylation sites (tertiary alicyclic amines) is 1. The van der Waals surface area contributed by atoms with Gasteiger partial charge in [-0.25, -0.2) is 0 Å². The number of aliphatic hydroxyl groups excluding tert-OH is 1. The van der Waals surface area contributed by atoms with Crippen LogP contribution in [0.3, 0.4) is 0 Å². The lowest BCUT2D eigenvalue weighted by molar-refractivity contribution is -0.184. The Bertz CT molecular complexity index is 1580. The van der Waals surface area contributed by atoms with E-state index in [9.17, 15) is 29.4 Å². The number of nitrogens with one attached hydrogen (secondary N) is 1. The Morgan fingerprint density at radius 1 is 1.02 bits per heavy atom. The molecule has 3 N–H and O–H groups in total. The fourth-order valence-corrected chi connectivity index (χ4v) is 11.7. The van der Waals surface area contributed by atoms with Gasteiger partial charge in [-0.15, -0.1) is 0 Å². The number of carbonyl (C=O) groups excluding carboxylic acids is 4. The number of esters is 1. The van der Waals surface area contributed by atoms with Crippen LogP contribution in [0.15, 0.2) is 35.9 Å². The van der Waals surface area contributed by atoms with Gasteiger partial charge in [0.25, 0.3) is 0 Å². The highest BCUT2D eigenvalue weighted by Crippen LogP contribution is 2.67. The van der Waals surface area contributed by atoms with E-state index >= 15 is 0 Å². The number of hydrogen-bond acceptors (Lipinski definition) is 9. The van der Waals surface area contributed by atoms with Crippen LogP contribution >= 0.6 is 0 Å². The summed E-state index contributed by atoms with van der Waals surface area (Å²) in [6.45, 7) is 9.45. The minimum absolute atomic E-state index is 0.0237. The SMILES string of the molecule is COc1ccc([C@@]2(CCNC(=O)CCC(=O)OCC(=O)[C@]3(O)CC[C@@H]4[C@@H]5CCC6=CC(=O)CC[C@]6(C)[C@@H]5[C@@H](O)C[C@@]43C)C[C@H](C)N(C)C[C@H]2C)cc1. The van der Waals surface area contributed by atoms with Gasteiger partial charge in [-0.05, 0) is 118 Å². The van der Waals surface area contributed by atoms with Gasteiger partial charge >= 0.3 is 5.97 Å². The van der Waals surface area contributed by atoms with Crippen molar-refractivity contribution in [3.63, 3.8) is 0 Å². The van der Waals surface area contributed by atoms with E-state index in [2.05, 4.69) is 50.2 Å². The predicted octanol–water partition coefficient (Wildman–Crippen LogP) is 4.93. The summed E-state index contributed by atoms with van der Waals surface area (Å²) in [5, 5.41) is 26.6. The van der Waals surface area contributed by atoms with Gasteiger partial charge in [0.1, 0.15) is 11.4 Å². The molecule has 1 heterocycles. The quantitative estimate of drug-likeness (QED) is 0.272. The average Bonchev–Trinajstić information content (AvgIpc) is 3.38. The third-order valence-corrected chi connectivity index (χ3v) is 14.9. The van der Waals surface area contributed by atoms with E-state index in [-0.39, 0.29) is 66.0 Å². The fourth-order valence-electron chi connectivity index (χ4n) is 11.7. The number of aliphatic hydroxyl groups is 2. The van der Waals surface area contributed by atoms with Crippen LogP contribution in [-0.4, -0.2) is 90.2 Å². The molecule has 10 nitrogen and oxygen atoms in total. The van der Waals surface area contributed by atoms with Crippen molar-refractivity contribution in [1.82, 2.24) is 10.2 Å².